The van der Waals surface area contributed by atoms with Gasteiger partial charge in [-0.1, -0.05) is 36.8 Å². The van der Waals surface area contributed by atoms with E-state index in [9.17, 15) is 4.79 Å². The van der Waals surface area contributed by atoms with Gasteiger partial charge in [0.05, 0.1) is 6.61 Å². The fourth-order valence-corrected chi connectivity index (χ4v) is 2.53. The number of esters is 1. The van der Waals surface area contributed by atoms with Crippen LogP contribution in [0.25, 0.3) is 11.4 Å². The average molecular weight is 271 g/mol. The third-order valence-corrected chi connectivity index (χ3v) is 3.84. The van der Waals surface area contributed by atoms with Crippen molar-refractivity contribution in [2.24, 2.45) is 0 Å². The SMILES string of the molecule is CCOC(=O)C1(c2nc(-c3ccccc3)n[nH]2)CCC1. The minimum atomic E-state index is -0.615. The zero-order valence-electron chi connectivity index (χ0n) is 11.4. The van der Waals surface area contributed by atoms with Gasteiger partial charge in [-0.25, -0.2) is 4.98 Å². The summed E-state index contributed by atoms with van der Waals surface area (Å²) in [5, 5.41) is 7.16. The summed E-state index contributed by atoms with van der Waals surface area (Å²) in [6.45, 7) is 2.21. The monoisotopic (exact) mass is 271 g/mol. The van der Waals surface area contributed by atoms with Gasteiger partial charge in [0.2, 0.25) is 0 Å². The van der Waals surface area contributed by atoms with E-state index in [4.69, 9.17) is 4.74 Å². The molecular weight excluding hydrogens is 254 g/mol. The molecule has 104 valence electrons. The van der Waals surface area contributed by atoms with E-state index in [1.807, 2.05) is 37.3 Å². The summed E-state index contributed by atoms with van der Waals surface area (Å²) in [4.78, 5) is 16.7. The first kappa shape index (κ1) is 12.8. The van der Waals surface area contributed by atoms with Crippen LogP contribution >= 0.6 is 0 Å². The van der Waals surface area contributed by atoms with Crippen LogP contribution in [0, 0.1) is 0 Å². The van der Waals surface area contributed by atoms with E-state index in [0.717, 1.165) is 24.8 Å². The number of ether oxygens (including phenoxy) is 1. The van der Waals surface area contributed by atoms with Gasteiger partial charge in [-0.3, -0.25) is 9.89 Å². The molecule has 1 N–H and O–H groups in total. The predicted molar refractivity (Wildman–Crippen MR) is 74.0 cm³/mol. The van der Waals surface area contributed by atoms with Crippen LogP contribution in [0.3, 0.4) is 0 Å². The van der Waals surface area contributed by atoms with E-state index < -0.39 is 5.41 Å². The lowest BCUT2D eigenvalue weighted by atomic mass is 9.68. The first-order valence-corrected chi connectivity index (χ1v) is 6.92. The highest BCUT2D eigenvalue weighted by Crippen LogP contribution is 2.43. The van der Waals surface area contributed by atoms with Gasteiger partial charge >= 0.3 is 5.97 Å². The van der Waals surface area contributed by atoms with E-state index in [-0.39, 0.29) is 5.97 Å². The Bertz CT molecular complexity index is 603. The van der Waals surface area contributed by atoms with Crippen molar-refractivity contribution in [2.75, 3.05) is 6.61 Å². The molecule has 1 saturated carbocycles. The van der Waals surface area contributed by atoms with Gasteiger partial charge in [0.1, 0.15) is 11.2 Å². The Morgan fingerprint density at radius 3 is 2.70 bits per heavy atom. The summed E-state index contributed by atoms with van der Waals surface area (Å²) in [5.74, 6) is 1.05. The molecule has 2 aromatic rings. The number of nitrogens with zero attached hydrogens (tertiary/aromatic N) is 2. The number of nitrogens with one attached hydrogen (secondary N) is 1. The molecule has 5 heteroatoms. The maximum atomic E-state index is 12.2. The first-order chi connectivity index (χ1) is 9.76. The van der Waals surface area contributed by atoms with Gasteiger partial charge in [-0.15, -0.1) is 0 Å². The number of hydrogen-bond donors (Lipinski definition) is 1. The molecule has 0 unspecified atom stereocenters. The normalized spacial score (nSPS) is 16.4. The molecule has 1 fully saturated rings. The molecule has 0 bridgehead atoms. The van der Waals surface area contributed by atoms with Crippen LogP contribution in [0.2, 0.25) is 0 Å². The Hall–Kier alpha value is -2.17. The lowest BCUT2D eigenvalue weighted by molar-refractivity contribution is -0.154. The van der Waals surface area contributed by atoms with Gasteiger partial charge in [0.25, 0.3) is 0 Å². The second kappa shape index (κ2) is 5.07. The van der Waals surface area contributed by atoms with E-state index in [1.165, 1.54) is 0 Å². The Kier molecular flexibility index (Phi) is 3.26. The van der Waals surface area contributed by atoms with Crippen LogP contribution in [-0.2, 0) is 14.9 Å². The van der Waals surface area contributed by atoms with Crippen molar-refractivity contribution in [1.82, 2.24) is 15.2 Å². The van der Waals surface area contributed by atoms with Crippen molar-refractivity contribution < 1.29 is 9.53 Å². The number of hydrogen-bond acceptors (Lipinski definition) is 4. The topological polar surface area (TPSA) is 67.9 Å². The molecule has 5 nitrogen and oxygen atoms in total. The van der Waals surface area contributed by atoms with Crippen molar-refractivity contribution in [3.05, 3.63) is 36.2 Å². The minimum Gasteiger partial charge on any atom is -0.465 e. The smallest absolute Gasteiger partial charge is 0.319 e. The Morgan fingerprint density at radius 2 is 2.10 bits per heavy atom. The van der Waals surface area contributed by atoms with Crippen molar-refractivity contribution in [3.8, 4) is 11.4 Å². The molecule has 0 radical (unpaired) electrons. The summed E-state index contributed by atoms with van der Waals surface area (Å²) < 4.78 is 5.19. The molecule has 1 aromatic carbocycles. The lowest BCUT2D eigenvalue weighted by Crippen LogP contribution is -2.44. The lowest BCUT2D eigenvalue weighted by Gasteiger charge is -2.36. The predicted octanol–water partition coefficient (Wildman–Crippen LogP) is 2.46. The van der Waals surface area contributed by atoms with Crippen molar-refractivity contribution in [2.45, 2.75) is 31.6 Å². The number of rotatable bonds is 4. The molecule has 0 atom stereocenters. The second-order valence-corrected chi connectivity index (χ2v) is 5.03. The minimum absolute atomic E-state index is 0.193. The van der Waals surface area contributed by atoms with Gasteiger partial charge in [0.15, 0.2) is 5.82 Å². The maximum Gasteiger partial charge on any atom is 0.319 e. The fraction of sp³-hybridized carbons (Fsp3) is 0.400. The number of benzene rings is 1. The molecule has 0 spiro atoms. The second-order valence-electron chi connectivity index (χ2n) is 5.03. The maximum absolute atomic E-state index is 12.2. The number of aromatic amines is 1. The molecule has 0 aliphatic heterocycles. The first-order valence-electron chi connectivity index (χ1n) is 6.92. The van der Waals surface area contributed by atoms with Gasteiger partial charge < -0.3 is 4.74 Å². The van der Waals surface area contributed by atoms with Gasteiger partial charge in [-0.2, -0.15) is 5.10 Å². The zero-order chi connectivity index (χ0) is 14.0. The van der Waals surface area contributed by atoms with Gasteiger partial charge in [-0.05, 0) is 19.8 Å². The van der Waals surface area contributed by atoms with Crippen LogP contribution in [-0.4, -0.2) is 27.8 Å². The Labute approximate surface area is 117 Å². The van der Waals surface area contributed by atoms with E-state index in [0.29, 0.717) is 18.3 Å². The standard InChI is InChI=1S/C15H17N3O2/c1-2-20-14(19)15(9-6-10-15)13-16-12(17-18-13)11-7-4-3-5-8-11/h3-5,7-8H,2,6,9-10H2,1H3,(H,16,17,18). The summed E-state index contributed by atoms with van der Waals surface area (Å²) in [6.07, 6.45) is 2.56. The summed E-state index contributed by atoms with van der Waals surface area (Å²) >= 11 is 0. The number of carbonyl (C=O) groups excluding carboxylic acids is 1. The van der Waals surface area contributed by atoms with Gasteiger partial charge in [0, 0.05) is 5.56 Å². The third-order valence-electron chi connectivity index (χ3n) is 3.84. The number of carbonyl (C=O) groups is 1. The molecule has 0 amide bonds. The fourth-order valence-electron chi connectivity index (χ4n) is 2.53. The molecular formula is C15H17N3O2. The average Bonchev–Trinajstić information content (AvgIpc) is 2.89. The van der Waals surface area contributed by atoms with Crippen LogP contribution < -0.4 is 0 Å². The van der Waals surface area contributed by atoms with E-state index in [1.54, 1.807) is 0 Å². The Balaban J connectivity index is 1.91. The zero-order valence-corrected chi connectivity index (χ0v) is 11.4. The molecule has 1 aliphatic carbocycles. The molecule has 1 heterocycles. The summed E-state index contributed by atoms with van der Waals surface area (Å²) in [7, 11) is 0. The molecule has 0 saturated heterocycles. The van der Waals surface area contributed by atoms with Crippen molar-refractivity contribution in [1.29, 1.82) is 0 Å². The molecule has 1 aliphatic rings. The third kappa shape index (κ3) is 1.99. The highest BCUT2D eigenvalue weighted by Gasteiger charge is 2.50. The molecule has 1 aromatic heterocycles. The van der Waals surface area contributed by atoms with E-state index in [2.05, 4.69) is 15.2 Å². The van der Waals surface area contributed by atoms with Crippen LogP contribution in [0.4, 0.5) is 0 Å². The van der Waals surface area contributed by atoms with Crippen LogP contribution in [0.5, 0.6) is 0 Å². The van der Waals surface area contributed by atoms with E-state index >= 15 is 0 Å². The summed E-state index contributed by atoms with van der Waals surface area (Å²) in [6, 6.07) is 9.73. The molecule has 3 rings (SSSR count). The van der Waals surface area contributed by atoms with Crippen LogP contribution in [0.1, 0.15) is 32.0 Å². The highest BCUT2D eigenvalue weighted by molar-refractivity contribution is 5.83. The highest BCUT2D eigenvalue weighted by atomic mass is 16.5. The Morgan fingerprint density at radius 1 is 1.35 bits per heavy atom. The number of aromatic nitrogens is 3. The largest absolute Gasteiger partial charge is 0.465 e. The van der Waals surface area contributed by atoms with Crippen molar-refractivity contribution >= 4 is 5.97 Å². The van der Waals surface area contributed by atoms with Crippen LogP contribution in [0.15, 0.2) is 30.3 Å². The quantitative estimate of drug-likeness (QED) is 0.867. The summed E-state index contributed by atoms with van der Waals surface area (Å²) in [5.41, 5.74) is 0.323. The number of H-pyrrole nitrogens is 1. The van der Waals surface area contributed by atoms with Crippen molar-refractivity contribution in [3.63, 3.8) is 0 Å². The molecule has 20 heavy (non-hydrogen) atoms.